The fraction of sp³-hybridized carbons (Fsp3) is 0.400. The van der Waals surface area contributed by atoms with Gasteiger partial charge in [0.15, 0.2) is 0 Å². The van der Waals surface area contributed by atoms with Crippen LogP contribution in [0.1, 0.15) is 24.6 Å². The first kappa shape index (κ1) is 15.1. The molecule has 0 aromatic carbocycles. The van der Waals surface area contributed by atoms with Gasteiger partial charge in [0.25, 0.3) is 0 Å². The van der Waals surface area contributed by atoms with E-state index in [2.05, 4.69) is 20.3 Å². The first-order valence-electron chi connectivity index (χ1n) is 7.49. The fourth-order valence-corrected chi connectivity index (χ4v) is 2.78. The minimum Gasteiger partial charge on any atom is -0.372 e. The maximum absolute atomic E-state index is 12.6. The van der Waals surface area contributed by atoms with Gasteiger partial charge in [-0.05, 0) is 18.9 Å². The first-order valence-corrected chi connectivity index (χ1v) is 7.49. The standard InChI is InChI=1S/C15H18N6O2/c1-16-13-9-17-8-11(19-13)12-4-2-7-21(12)14(22)10-20-6-3-5-18-15(20)23/h3,5-6,8-9,12H,2,4,7,10H2,1H3,(H,16,19). The number of nitrogens with one attached hydrogen (secondary N) is 1. The molecule has 0 radical (unpaired) electrons. The molecule has 3 heterocycles. The molecule has 8 nitrogen and oxygen atoms in total. The minimum atomic E-state index is -0.423. The minimum absolute atomic E-state index is 0.0116. The Kier molecular flexibility index (Phi) is 4.31. The molecule has 1 fully saturated rings. The molecule has 0 saturated carbocycles. The molecule has 1 aliphatic heterocycles. The third kappa shape index (κ3) is 3.20. The summed E-state index contributed by atoms with van der Waals surface area (Å²) in [4.78, 5) is 38.3. The Labute approximate surface area is 133 Å². The Bertz CT molecular complexity index is 759. The van der Waals surface area contributed by atoms with Gasteiger partial charge >= 0.3 is 5.69 Å². The summed E-state index contributed by atoms with van der Waals surface area (Å²) in [6, 6.07) is 1.54. The number of hydrogen-bond acceptors (Lipinski definition) is 6. The van der Waals surface area contributed by atoms with Crippen LogP contribution in [0.2, 0.25) is 0 Å². The van der Waals surface area contributed by atoms with Gasteiger partial charge in [-0.3, -0.25) is 14.3 Å². The van der Waals surface area contributed by atoms with Gasteiger partial charge in [0.1, 0.15) is 12.4 Å². The lowest BCUT2D eigenvalue weighted by Crippen LogP contribution is -2.36. The summed E-state index contributed by atoms with van der Waals surface area (Å²) in [7, 11) is 1.78. The number of rotatable bonds is 4. The van der Waals surface area contributed by atoms with Crippen LogP contribution in [-0.4, -0.2) is 43.9 Å². The molecule has 1 saturated heterocycles. The molecule has 1 aliphatic rings. The maximum Gasteiger partial charge on any atom is 0.347 e. The molecule has 0 aliphatic carbocycles. The van der Waals surface area contributed by atoms with E-state index >= 15 is 0 Å². The monoisotopic (exact) mass is 314 g/mol. The molecule has 0 bridgehead atoms. The van der Waals surface area contributed by atoms with E-state index in [-0.39, 0.29) is 18.5 Å². The van der Waals surface area contributed by atoms with Crippen LogP contribution in [-0.2, 0) is 11.3 Å². The largest absolute Gasteiger partial charge is 0.372 e. The number of amides is 1. The normalized spacial score (nSPS) is 17.3. The second-order valence-electron chi connectivity index (χ2n) is 5.35. The van der Waals surface area contributed by atoms with Crippen LogP contribution in [0, 0.1) is 0 Å². The van der Waals surface area contributed by atoms with Crippen molar-refractivity contribution in [3.8, 4) is 0 Å². The number of carbonyl (C=O) groups is 1. The predicted octanol–water partition coefficient (Wildman–Crippen LogP) is 0.439. The molecule has 2 aromatic heterocycles. The molecular formula is C15H18N6O2. The Balaban J connectivity index is 1.79. The summed E-state index contributed by atoms with van der Waals surface area (Å²) in [6.45, 7) is 0.645. The molecular weight excluding hydrogens is 296 g/mol. The molecule has 23 heavy (non-hydrogen) atoms. The number of hydrogen-bond donors (Lipinski definition) is 1. The first-order chi connectivity index (χ1) is 11.2. The van der Waals surface area contributed by atoms with Crippen molar-refractivity contribution in [1.29, 1.82) is 0 Å². The van der Waals surface area contributed by atoms with Gasteiger partial charge in [-0.2, -0.15) is 0 Å². The number of nitrogens with zero attached hydrogens (tertiary/aromatic N) is 5. The van der Waals surface area contributed by atoms with E-state index in [0.29, 0.717) is 12.4 Å². The average Bonchev–Trinajstić information content (AvgIpc) is 3.07. The zero-order chi connectivity index (χ0) is 16.2. The van der Waals surface area contributed by atoms with Crippen molar-refractivity contribution in [2.45, 2.75) is 25.4 Å². The van der Waals surface area contributed by atoms with Gasteiger partial charge in [0.2, 0.25) is 5.91 Å². The summed E-state index contributed by atoms with van der Waals surface area (Å²) in [5, 5.41) is 2.95. The van der Waals surface area contributed by atoms with E-state index in [0.717, 1.165) is 18.5 Å². The molecule has 120 valence electrons. The van der Waals surface area contributed by atoms with Crippen molar-refractivity contribution in [3.05, 3.63) is 47.0 Å². The smallest absolute Gasteiger partial charge is 0.347 e. The molecule has 3 rings (SSSR count). The van der Waals surface area contributed by atoms with E-state index in [1.54, 1.807) is 36.6 Å². The third-order valence-electron chi connectivity index (χ3n) is 3.91. The fourth-order valence-electron chi connectivity index (χ4n) is 2.78. The zero-order valence-corrected chi connectivity index (χ0v) is 12.8. The topological polar surface area (TPSA) is 93.0 Å². The highest BCUT2D eigenvalue weighted by Crippen LogP contribution is 2.31. The maximum atomic E-state index is 12.6. The lowest BCUT2D eigenvalue weighted by atomic mass is 10.1. The van der Waals surface area contributed by atoms with Gasteiger partial charge in [0, 0.05) is 26.0 Å². The summed E-state index contributed by atoms with van der Waals surface area (Å²) in [5.41, 5.74) is 0.342. The highest BCUT2D eigenvalue weighted by molar-refractivity contribution is 5.76. The van der Waals surface area contributed by atoms with Crippen LogP contribution in [0.25, 0.3) is 0 Å². The number of aromatic nitrogens is 4. The van der Waals surface area contributed by atoms with E-state index in [1.165, 1.54) is 10.8 Å². The van der Waals surface area contributed by atoms with Crippen LogP contribution < -0.4 is 11.0 Å². The van der Waals surface area contributed by atoms with Crippen LogP contribution >= 0.6 is 0 Å². The summed E-state index contributed by atoms with van der Waals surface area (Å²) < 4.78 is 1.31. The van der Waals surface area contributed by atoms with Crippen LogP contribution in [0.15, 0.2) is 35.6 Å². The van der Waals surface area contributed by atoms with Crippen molar-refractivity contribution >= 4 is 11.7 Å². The van der Waals surface area contributed by atoms with Gasteiger partial charge in [-0.25, -0.2) is 14.8 Å². The summed E-state index contributed by atoms with van der Waals surface area (Å²) >= 11 is 0. The van der Waals surface area contributed by atoms with E-state index in [9.17, 15) is 9.59 Å². The average molecular weight is 314 g/mol. The van der Waals surface area contributed by atoms with Crippen LogP contribution in [0.5, 0.6) is 0 Å². The molecule has 2 aromatic rings. The summed E-state index contributed by atoms with van der Waals surface area (Å²) in [5.74, 6) is 0.560. The van der Waals surface area contributed by atoms with Crippen molar-refractivity contribution in [3.63, 3.8) is 0 Å². The van der Waals surface area contributed by atoms with Crippen LogP contribution in [0.4, 0.5) is 5.82 Å². The molecule has 0 spiro atoms. The van der Waals surface area contributed by atoms with Gasteiger partial charge < -0.3 is 10.2 Å². The highest BCUT2D eigenvalue weighted by Gasteiger charge is 2.31. The second kappa shape index (κ2) is 6.55. The van der Waals surface area contributed by atoms with Crippen molar-refractivity contribution in [1.82, 2.24) is 24.4 Å². The molecule has 1 atom stereocenters. The number of likely N-dealkylation sites (tertiary alicyclic amines) is 1. The van der Waals surface area contributed by atoms with Crippen molar-refractivity contribution < 1.29 is 4.79 Å². The van der Waals surface area contributed by atoms with Crippen molar-refractivity contribution in [2.24, 2.45) is 0 Å². The predicted molar refractivity (Wildman–Crippen MR) is 83.8 cm³/mol. The van der Waals surface area contributed by atoms with Gasteiger partial charge in [-0.15, -0.1) is 0 Å². The van der Waals surface area contributed by atoms with Gasteiger partial charge in [0.05, 0.1) is 24.1 Å². The number of carbonyl (C=O) groups excluding carboxylic acids is 1. The second-order valence-corrected chi connectivity index (χ2v) is 5.35. The molecule has 1 amide bonds. The zero-order valence-electron chi connectivity index (χ0n) is 12.8. The Morgan fingerprint density at radius 1 is 1.43 bits per heavy atom. The quantitative estimate of drug-likeness (QED) is 0.880. The Hall–Kier alpha value is -2.77. The van der Waals surface area contributed by atoms with Gasteiger partial charge in [-0.1, -0.05) is 0 Å². The van der Waals surface area contributed by atoms with E-state index in [1.807, 2.05) is 0 Å². The lowest BCUT2D eigenvalue weighted by Gasteiger charge is -2.24. The Morgan fingerprint density at radius 2 is 2.30 bits per heavy atom. The SMILES string of the molecule is CNc1cncc(C2CCCN2C(=O)Cn2cccnc2=O)n1. The third-order valence-corrected chi connectivity index (χ3v) is 3.91. The highest BCUT2D eigenvalue weighted by atomic mass is 16.2. The molecule has 1 unspecified atom stereocenters. The lowest BCUT2D eigenvalue weighted by molar-refractivity contribution is -0.132. The molecule has 8 heteroatoms. The van der Waals surface area contributed by atoms with Crippen LogP contribution in [0.3, 0.4) is 0 Å². The van der Waals surface area contributed by atoms with E-state index < -0.39 is 5.69 Å². The van der Waals surface area contributed by atoms with E-state index in [4.69, 9.17) is 0 Å². The number of anilines is 1. The van der Waals surface area contributed by atoms with Crippen molar-refractivity contribution in [2.75, 3.05) is 18.9 Å². The molecule has 1 N–H and O–H groups in total. The summed E-state index contributed by atoms with van der Waals surface area (Å²) in [6.07, 6.45) is 8.06. The Morgan fingerprint density at radius 3 is 3.09 bits per heavy atom.